The van der Waals surface area contributed by atoms with Crippen LogP contribution >= 0.6 is 0 Å². The third kappa shape index (κ3) is 3.16. The van der Waals surface area contributed by atoms with Gasteiger partial charge < -0.3 is 4.90 Å². The van der Waals surface area contributed by atoms with Gasteiger partial charge in [0.05, 0.1) is 17.5 Å². The number of carbonyl (C=O) groups is 1. The molecule has 0 saturated carbocycles. The van der Waals surface area contributed by atoms with Gasteiger partial charge in [-0.25, -0.2) is 8.42 Å². The van der Waals surface area contributed by atoms with Gasteiger partial charge in [-0.15, -0.1) is 0 Å². The fourth-order valence-electron chi connectivity index (χ4n) is 3.73. The highest BCUT2D eigenvalue weighted by Gasteiger charge is 2.48. The first kappa shape index (κ1) is 16.2. The van der Waals surface area contributed by atoms with E-state index in [-0.39, 0.29) is 29.5 Å². The Hall–Kier alpha value is -2.26. The third-order valence-electron chi connectivity index (χ3n) is 4.89. The first-order chi connectivity index (χ1) is 12.0. The molecule has 0 radical (unpaired) electrons. The zero-order chi connectivity index (χ0) is 17.4. The number of piperazine rings is 1. The minimum atomic E-state index is -3.17. The molecule has 2 aliphatic heterocycles. The number of carbonyl (C=O) groups excluding carboxylic acids is 1. The Morgan fingerprint density at radius 3 is 2.76 bits per heavy atom. The van der Waals surface area contributed by atoms with Crippen LogP contribution in [0.5, 0.6) is 0 Å². The van der Waals surface area contributed by atoms with Crippen molar-refractivity contribution < 1.29 is 13.2 Å². The minimum absolute atomic E-state index is 0.0150. The van der Waals surface area contributed by atoms with Crippen LogP contribution in [0, 0.1) is 0 Å². The molecule has 1 amide bonds. The number of rotatable bonds is 3. The van der Waals surface area contributed by atoms with Crippen molar-refractivity contribution in [3.63, 3.8) is 0 Å². The molecule has 2 fully saturated rings. The second-order valence-electron chi connectivity index (χ2n) is 6.51. The van der Waals surface area contributed by atoms with Gasteiger partial charge in [0.15, 0.2) is 9.84 Å². The fourth-order valence-corrected chi connectivity index (χ4v) is 5.74. The molecule has 4 rings (SSSR count). The molecular weight excluding hydrogens is 342 g/mol. The molecule has 2 aromatic heterocycles. The van der Waals surface area contributed by atoms with Crippen LogP contribution in [0.4, 0.5) is 0 Å². The van der Waals surface area contributed by atoms with Crippen molar-refractivity contribution in [1.29, 1.82) is 0 Å². The molecule has 2 aromatic rings. The fraction of sp³-hybridized carbons (Fsp3) is 0.438. The number of aromatic amines is 1. The maximum Gasteiger partial charge on any atom is 0.272 e. The third-order valence-corrected chi connectivity index (χ3v) is 6.59. The van der Waals surface area contributed by atoms with Gasteiger partial charge in [0, 0.05) is 44.3 Å². The van der Waals surface area contributed by atoms with Crippen molar-refractivity contribution in [1.82, 2.24) is 25.0 Å². The molecule has 1 N–H and O–H groups in total. The quantitative estimate of drug-likeness (QED) is 0.821. The maximum absolute atomic E-state index is 12.7. The molecule has 132 valence electrons. The van der Waals surface area contributed by atoms with Crippen LogP contribution in [0.3, 0.4) is 0 Å². The van der Waals surface area contributed by atoms with Crippen molar-refractivity contribution in [3.8, 4) is 0 Å². The van der Waals surface area contributed by atoms with Gasteiger partial charge in [-0.1, -0.05) is 6.07 Å². The molecule has 0 aromatic carbocycles. The summed E-state index contributed by atoms with van der Waals surface area (Å²) in [7, 11) is -3.17. The molecule has 4 heterocycles. The molecule has 0 unspecified atom stereocenters. The summed E-state index contributed by atoms with van der Waals surface area (Å²) in [6.45, 7) is 1.76. The molecule has 0 spiro atoms. The van der Waals surface area contributed by atoms with Gasteiger partial charge in [0.1, 0.15) is 5.69 Å². The molecule has 2 atom stereocenters. The lowest BCUT2D eigenvalue weighted by Crippen LogP contribution is -2.60. The van der Waals surface area contributed by atoms with Crippen LogP contribution in [-0.4, -0.2) is 76.0 Å². The molecule has 25 heavy (non-hydrogen) atoms. The smallest absolute Gasteiger partial charge is 0.272 e. The number of hydrogen-bond donors (Lipinski definition) is 1. The van der Waals surface area contributed by atoms with Crippen molar-refractivity contribution in [2.75, 3.05) is 24.6 Å². The minimum Gasteiger partial charge on any atom is -0.330 e. The van der Waals surface area contributed by atoms with Crippen LogP contribution in [-0.2, 0) is 16.4 Å². The first-order valence-electron chi connectivity index (χ1n) is 8.17. The topological polar surface area (TPSA) is 99.3 Å². The number of fused-ring (bicyclic) bond motifs is 1. The predicted octanol–water partition coefficient (Wildman–Crippen LogP) is -0.0717. The normalized spacial score (nSPS) is 25.7. The Balaban J connectivity index is 1.59. The van der Waals surface area contributed by atoms with E-state index in [1.807, 2.05) is 12.1 Å². The standard InChI is InChI=1S/C16H19N5O3S/c22-16(13-3-5-18-19-13)21-7-6-20(9-12-2-1-4-17-8-12)14-10-25(23,24)11-15(14)21/h1-5,8,14-15H,6-7,9-11H2,(H,18,19)/t14-,15+/m1/s1. The lowest BCUT2D eigenvalue weighted by atomic mass is 10.0. The highest BCUT2D eigenvalue weighted by atomic mass is 32.2. The molecule has 0 aliphatic carbocycles. The molecule has 0 bridgehead atoms. The first-order valence-corrected chi connectivity index (χ1v) is 9.99. The van der Waals surface area contributed by atoms with E-state index in [4.69, 9.17) is 0 Å². The van der Waals surface area contributed by atoms with E-state index in [0.29, 0.717) is 25.3 Å². The van der Waals surface area contributed by atoms with Crippen LogP contribution in [0.25, 0.3) is 0 Å². The van der Waals surface area contributed by atoms with Crippen LogP contribution < -0.4 is 0 Å². The van der Waals surface area contributed by atoms with Crippen molar-refractivity contribution in [3.05, 3.63) is 48.0 Å². The van der Waals surface area contributed by atoms with E-state index in [1.54, 1.807) is 23.4 Å². The summed E-state index contributed by atoms with van der Waals surface area (Å²) in [5, 5.41) is 6.49. The molecule has 2 aliphatic rings. The summed E-state index contributed by atoms with van der Waals surface area (Å²) >= 11 is 0. The zero-order valence-electron chi connectivity index (χ0n) is 13.6. The number of nitrogens with zero attached hydrogens (tertiary/aromatic N) is 4. The Morgan fingerprint density at radius 2 is 2.04 bits per heavy atom. The highest BCUT2D eigenvalue weighted by Crippen LogP contribution is 2.29. The average Bonchev–Trinajstić information content (AvgIpc) is 3.22. The predicted molar refractivity (Wildman–Crippen MR) is 90.5 cm³/mol. The van der Waals surface area contributed by atoms with E-state index in [9.17, 15) is 13.2 Å². The average molecular weight is 361 g/mol. The van der Waals surface area contributed by atoms with Crippen molar-refractivity contribution in [2.24, 2.45) is 0 Å². The van der Waals surface area contributed by atoms with Gasteiger partial charge in [0.25, 0.3) is 5.91 Å². The van der Waals surface area contributed by atoms with E-state index in [0.717, 1.165) is 5.56 Å². The maximum atomic E-state index is 12.7. The summed E-state index contributed by atoms with van der Waals surface area (Å²) in [5.41, 5.74) is 1.43. The number of nitrogens with one attached hydrogen (secondary N) is 1. The summed E-state index contributed by atoms with van der Waals surface area (Å²) < 4.78 is 24.5. The van der Waals surface area contributed by atoms with E-state index < -0.39 is 9.84 Å². The van der Waals surface area contributed by atoms with Gasteiger partial charge in [-0.2, -0.15) is 5.10 Å². The Bertz CT molecular complexity index is 853. The van der Waals surface area contributed by atoms with Crippen LogP contribution in [0.1, 0.15) is 16.1 Å². The second-order valence-corrected chi connectivity index (χ2v) is 8.67. The Labute approximate surface area is 145 Å². The molecule has 9 heteroatoms. The molecule has 8 nitrogen and oxygen atoms in total. The van der Waals surface area contributed by atoms with E-state index >= 15 is 0 Å². The molecule has 2 saturated heterocycles. The second kappa shape index (κ2) is 6.23. The lowest BCUT2D eigenvalue weighted by molar-refractivity contribution is 0.0301. The summed E-state index contributed by atoms with van der Waals surface area (Å²) in [6.07, 6.45) is 5.03. The highest BCUT2D eigenvalue weighted by molar-refractivity contribution is 7.91. The number of pyridine rings is 1. The number of aromatic nitrogens is 3. The number of sulfone groups is 1. The lowest BCUT2D eigenvalue weighted by Gasteiger charge is -2.43. The van der Waals surface area contributed by atoms with E-state index in [2.05, 4.69) is 20.1 Å². The van der Waals surface area contributed by atoms with Crippen molar-refractivity contribution in [2.45, 2.75) is 18.6 Å². The summed E-state index contributed by atoms with van der Waals surface area (Å²) in [6, 6.07) is 4.95. The van der Waals surface area contributed by atoms with Crippen LogP contribution in [0.2, 0.25) is 0 Å². The summed E-state index contributed by atoms with van der Waals surface area (Å²) in [5.74, 6) is -0.0863. The Morgan fingerprint density at radius 1 is 1.20 bits per heavy atom. The zero-order valence-corrected chi connectivity index (χ0v) is 14.4. The van der Waals surface area contributed by atoms with E-state index in [1.165, 1.54) is 6.20 Å². The SMILES string of the molecule is O=C(c1ccn[nH]1)N1CCN(Cc2cccnc2)[C@@H]2CS(=O)(=O)C[C@@H]21. The largest absolute Gasteiger partial charge is 0.330 e. The molecular formula is C16H19N5O3S. The van der Waals surface area contributed by atoms with Gasteiger partial charge in [0.2, 0.25) is 0 Å². The van der Waals surface area contributed by atoms with Gasteiger partial charge in [-0.3, -0.25) is 19.8 Å². The van der Waals surface area contributed by atoms with Gasteiger partial charge >= 0.3 is 0 Å². The monoisotopic (exact) mass is 361 g/mol. The number of H-pyrrole nitrogens is 1. The van der Waals surface area contributed by atoms with Gasteiger partial charge in [-0.05, 0) is 17.7 Å². The van der Waals surface area contributed by atoms with Crippen LogP contribution in [0.15, 0.2) is 36.8 Å². The summed E-state index contributed by atoms with van der Waals surface area (Å²) in [4.78, 5) is 20.7. The number of amides is 1. The Kier molecular flexibility index (Phi) is 4.04. The van der Waals surface area contributed by atoms with Crippen molar-refractivity contribution >= 4 is 15.7 Å². The number of hydrogen-bond acceptors (Lipinski definition) is 6.